The summed E-state index contributed by atoms with van der Waals surface area (Å²) >= 11 is 5.83. The molecule has 0 fully saturated rings. The first-order chi connectivity index (χ1) is 12.0. The fourth-order valence-corrected chi connectivity index (χ4v) is 2.65. The summed E-state index contributed by atoms with van der Waals surface area (Å²) in [6.45, 7) is 0.805. The number of imidazole rings is 1. The van der Waals surface area contributed by atoms with Gasteiger partial charge in [0.25, 0.3) is 5.91 Å². The van der Waals surface area contributed by atoms with E-state index < -0.39 is 0 Å². The largest absolute Gasteiger partial charge is 0.492 e. The van der Waals surface area contributed by atoms with Gasteiger partial charge >= 0.3 is 5.69 Å². The number of aromatic amines is 1. The number of benzene rings is 2. The van der Waals surface area contributed by atoms with Crippen LogP contribution in [0.1, 0.15) is 10.4 Å². The molecule has 0 aliphatic carbocycles. The van der Waals surface area contributed by atoms with Crippen LogP contribution >= 0.6 is 11.6 Å². The number of ether oxygens (including phenoxy) is 1. The number of hydrogen-bond acceptors (Lipinski definition) is 3. The number of carbonyl (C=O) groups excluding carboxylic acids is 1. The highest BCUT2D eigenvalue weighted by molar-refractivity contribution is 6.30. The van der Waals surface area contributed by atoms with Crippen LogP contribution in [0.25, 0.3) is 11.0 Å². The Bertz CT molecular complexity index is 960. The summed E-state index contributed by atoms with van der Waals surface area (Å²) in [6, 6.07) is 12.2. The number of nitrogens with one attached hydrogen (secondary N) is 1. The number of carbonyl (C=O) groups is 1. The van der Waals surface area contributed by atoms with Crippen LogP contribution in [0, 0.1) is 0 Å². The number of hydrogen-bond donors (Lipinski definition) is 1. The van der Waals surface area contributed by atoms with Crippen LogP contribution in [0.4, 0.5) is 0 Å². The maximum absolute atomic E-state index is 12.5. The van der Waals surface area contributed by atoms with Crippen LogP contribution in [0.2, 0.25) is 5.02 Å². The summed E-state index contributed by atoms with van der Waals surface area (Å²) in [5, 5.41) is 0.647. The number of aromatic nitrogens is 2. The number of aryl methyl sites for hydroxylation is 1. The fourth-order valence-electron chi connectivity index (χ4n) is 2.52. The van der Waals surface area contributed by atoms with Crippen LogP contribution < -0.4 is 10.4 Å². The Kier molecular flexibility index (Phi) is 4.81. The van der Waals surface area contributed by atoms with Gasteiger partial charge in [-0.1, -0.05) is 11.6 Å². The third-order valence-electron chi connectivity index (χ3n) is 4.01. The van der Waals surface area contributed by atoms with Gasteiger partial charge in [0.15, 0.2) is 0 Å². The molecule has 0 saturated heterocycles. The molecule has 0 unspecified atom stereocenters. The number of fused-ring (bicyclic) bond motifs is 1. The number of likely N-dealkylation sites (N-methyl/N-ethyl adjacent to an activating group) is 1. The second-order valence-electron chi connectivity index (χ2n) is 5.75. The Morgan fingerprint density at radius 1 is 1.24 bits per heavy atom. The van der Waals surface area contributed by atoms with E-state index in [2.05, 4.69) is 4.98 Å². The molecule has 0 atom stereocenters. The summed E-state index contributed by atoms with van der Waals surface area (Å²) in [6.07, 6.45) is 0. The molecular formula is C18H18ClN3O3. The van der Waals surface area contributed by atoms with Gasteiger partial charge in [-0.05, 0) is 42.5 Å². The van der Waals surface area contributed by atoms with E-state index in [9.17, 15) is 9.59 Å². The van der Waals surface area contributed by atoms with Crippen molar-refractivity contribution < 1.29 is 9.53 Å². The summed E-state index contributed by atoms with van der Waals surface area (Å²) in [5.74, 6) is 0.569. The lowest BCUT2D eigenvalue weighted by Crippen LogP contribution is -2.30. The van der Waals surface area contributed by atoms with Crippen molar-refractivity contribution in [3.63, 3.8) is 0 Å². The quantitative estimate of drug-likeness (QED) is 0.761. The van der Waals surface area contributed by atoms with Gasteiger partial charge in [-0.15, -0.1) is 0 Å². The van der Waals surface area contributed by atoms with Crippen molar-refractivity contribution in [2.75, 3.05) is 20.2 Å². The molecule has 6 nitrogen and oxygen atoms in total. The topological polar surface area (TPSA) is 67.3 Å². The second-order valence-corrected chi connectivity index (χ2v) is 6.19. The summed E-state index contributed by atoms with van der Waals surface area (Å²) in [4.78, 5) is 28.5. The zero-order valence-corrected chi connectivity index (χ0v) is 14.7. The predicted octanol–water partition coefficient (Wildman–Crippen LogP) is 2.67. The molecule has 1 aromatic heterocycles. The smallest absolute Gasteiger partial charge is 0.326 e. The highest BCUT2D eigenvalue weighted by Crippen LogP contribution is 2.16. The third-order valence-corrected chi connectivity index (χ3v) is 4.26. The van der Waals surface area contributed by atoms with Crippen molar-refractivity contribution in [1.82, 2.24) is 14.5 Å². The number of halogens is 1. The molecule has 1 heterocycles. The molecule has 1 amide bonds. The minimum Gasteiger partial charge on any atom is -0.492 e. The van der Waals surface area contributed by atoms with Gasteiger partial charge in [-0.3, -0.25) is 9.36 Å². The molecule has 130 valence electrons. The number of H-pyrrole nitrogens is 1. The van der Waals surface area contributed by atoms with Crippen molar-refractivity contribution in [3.8, 4) is 5.75 Å². The van der Waals surface area contributed by atoms with E-state index in [0.29, 0.717) is 35.0 Å². The first-order valence-corrected chi connectivity index (χ1v) is 8.16. The zero-order chi connectivity index (χ0) is 18.0. The van der Waals surface area contributed by atoms with E-state index >= 15 is 0 Å². The molecule has 7 heteroatoms. The van der Waals surface area contributed by atoms with E-state index in [1.54, 1.807) is 61.5 Å². The Hall–Kier alpha value is -2.73. The minimum absolute atomic E-state index is 0.133. The van der Waals surface area contributed by atoms with Crippen molar-refractivity contribution in [1.29, 1.82) is 0 Å². The second kappa shape index (κ2) is 7.03. The fraction of sp³-hybridized carbons (Fsp3) is 0.222. The van der Waals surface area contributed by atoms with Gasteiger partial charge in [0.1, 0.15) is 12.4 Å². The Morgan fingerprint density at radius 2 is 1.96 bits per heavy atom. The number of amides is 1. The molecule has 0 bridgehead atoms. The highest BCUT2D eigenvalue weighted by Gasteiger charge is 2.13. The van der Waals surface area contributed by atoms with Crippen LogP contribution in [0.3, 0.4) is 0 Å². The Labute approximate surface area is 149 Å². The van der Waals surface area contributed by atoms with Crippen molar-refractivity contribution in [2.45, 2.75) is 0 Å². The Balaban J connectivity index is 1.63. The molecule has 3 rings (SSSR count). The van der Waals surface area contributed by atoms with Crippen LogP contribution in [0.5, 0.6) is 5.75 Å². The average molecular weight is 360 g/mol. The molecule has 0 spiro atoms. The average Bonchev–Trinajstić information content (AvgIpc) is 2.89. The van der Waals surface area contributed by atoms with E-state index in [4.69, 9.17) is 16.3 Å². The molecule has 25 heavy (non-hydrogen) atoms. The van der Waals surface area contributed by atoms with Crippen molar-refractivity contribution >= 4 is 28.5 Å². The molecule has 3 aromatic rings. The molecule has 0 aliphatic heterocycles. The van der Waals surface area contributed by atoms with Gasteiger partial charge in [-0.2, -0.15) is 0 Å². The van der Waals surface area contributed by atoms with Crippen molar-refractivity contribution in [2.24, 2.45) is 7.05 Å². The van der Waals surface area contributed by atoms with Gasteiger partial charge in [0.05, 0.1) is 17.6 Å². The van der Waals surface area contributed by atoms with E-state index in [1.165, 1.54) is 4.57 Å². The molecule has 0 saturated carbocycles. The van der Waals surface area contributed by atoms with Crippen LogP contribution in [-0.2, 0) is 7.05 Å². The number of nitrogens with zero attached hydrogens (tertiary/aromatic N) is 2. The minimum atomic E-state index is -0.204. The van der Waals surface area contributed by atoms with Crippen LogP contribution in [0.15, 0.2) is 47.3 Å². The molecule has 1 N–H and O–H groups in total. The lowest BCUT2D eigenvalue weighted by molar-refractivity contribution is 0.0774. The first kappa shape index (κ1) is 17.1. The standard InChI is InChI=1S/C18H18ClN3O3/c1-21(9-10-25-14-6-4-13(19)5-7-14)17(23)12-3-8-16-15(11-12)20-18(24)22(16)2/h3-8,11H,9-10H2,1-2H3,(H,20,24). The van der Waals surface area contributed by atoms with Gasteiger partial charge in [0.2, 0.25) is 0 Å². The predicted molar refractivity (Wildman–Crippen MR) is 97.4 cm³/mol. The zero-order valence-electron chi connectivity index (χ0n) is 14.0. The molecule has 2 aromatic carbocycles. The lowest BCUT2D eigenvalue weighted by Gasteiger charge is -2.17. The van der Waals surface area contributed by atoms with Gasteiger partial charge in [-0.25, -0.2) is 4.79 Å². The maximum atomic E-state index is 12.5. The molecular weight excluding hydrogens is 342 g/mol. The highest BCUT2D eigenvalue weighted by atomic mass is 35.5. The normalized spacial score (nSPS) is 10.8. The summed E-state index contributed by atoms with van der Waals surface area (Å²) in [5.41, 5.74) is 1.71. The van der Waals surface area contributed by atoms with Crippen LogP contribution in [-0.4, -0.2) is 40.6 Å². The third kappa shape index (κ3) is 3.69. The van der Waals surface area contributed by atoms with E-state index in [1.807, 2.05) is 0 Å². The lowest BCUT2D eigenvalue weighted by atomic mass is 10.2. The maximum Gasteiger partial charge on any atom is 0.326 e. The van der Waals surface area contributed by atoms with E-state index in [0.717, 1.165) is 5.52 Å². The molecule has 0 radical (unpaired) electrons. The first-order valence-electron chi connectivity index (χ1n) is 7.78. The van der Waals surface area contributed by atoms with E-state index in [-0.39, 0.29) is 11.6 Å². The summed E-state index contributed by atoms with van der Waals surface area (Å²) in [7, 11) is 3.40. The van der Waals surface area contributed by atoms with Gasteiger partial charge in [0, 0.05) is 24.7 Å². The summed E-state index contributed by atoms with van der Waals surface area (Å²) < 4.78 is 7.11. The van der Waals surface area contributed by atoms with Crippen molar-refractivity contribution in [3.05, 3.63) is 63.5 Å². The number of rotatable bonds is 5. The monoisotopic (exact) mass is 359 g/mol. The molecule has 0 aliphatic rings. The van der Waals surface area contributed by atoms with Gasteiger partial charge < -0.3 is 14.6 Å². The SMILES string of the molecule is CN(CCOc1ccc(Cl)cc1)C(=O)c1ccc2c(c1)[nH]c(=O)n2C. The Morgan fingerprint density at radius 3 is 2.68 bits per heavy atom.